The van der Waals surface area contributed by atoms with Gasteiger partial charge in [-0.3, -0.25) is 14.2 Å². The van der Waals surface area contributed by atoms with Gasteiger partial charge in [0.15, 0.2) is 11.5 Å². The molecule has 0 spiro atoms. The van der Waals surface area contributed by atoms with E-state index in [2.05, 4.69) is 15.5 Å². The first-order valence-electron chi connectivity index (χ1n) is 6.12. The Morgan fingerprint density at radius 2 is 2.05 bits per heavy atom. The van der Waals surface area contributed by atoms with Gasteiger partial charge in [-0.05, 0) is 19.9 Å². The van der Waals surface area contributed by atoms with Crippen LogP contribution >= 0.6 is 0 Å². The molecule has 1 amide bonds. The van der Waals surface area contributed by atoms with Crippen LogP contribution in [0.3, 0.4) is 0 Å². The van der Waals surface area contributed by atoms with Crippen LogP contribution in [0.4, 0.5) is 19.0 Å². The number of hydrogen-bond acceptors (Lipinski definition) is 3. The van der Waals surface area contributed by atoms with Crippen molar-refractivity contribution in [1.29, 1.82) is 0 Å². The number of nitrogens with one attached hydrogen (secondary N) is 1. The molecule has 0 saturated carbocycles. The van der Waals surface area contributed by atoms with Gasteiger partial charge in [0, 0.05) is 25.0 Å². The van der Waals surface area contributed by atoms with E-state index in [1.54, 1.807) is 19.3 Å². The first-order valence-corrected chi connectivity index (χ1v) is 6.12. The van der Waals surface area contributed by atoms with Crippen molar-refractivity contribution >= 4 is 11.7 Å². The van der Waals surface area contributed by atoms with Crippen molar-refractivity contribution in [2.75, 3.05) is 5.32 Å². The summed E-state index contributed by atoms with van der Waals surface area (Å²) in [6.07, 6.45) is -2.89. The third-order valence-corrected chi connectivity index (χ3v) is 2.92. The van der Waals surface area contributed by atoms with E-state index in [0.29, 0.717) is 5.82 Å². The minimum Gasteiger partial charge on any atom is -0.307 e. The Morgan fingerprint density at radius 3 is 2.52 bits per heavy atom. The summed E-state index contributed by atoms with van der Waals surface area (Å²) in [5.74, 6) is -0.163. The quantitative estimate of drug-likeness (QED) is 0.944. The van der Waals surface area contributed by atoms with Gasteiger partial charge in [-0.25, -0.2) is 0 Å². The Morgan fingerprint density at radius 1 is 1.38 bits per heavy atom. The minimum atomic E-state index is -4.53. The summed E-state index contributed by atoms with van der Waals surface area (Å²) in [6.45, 7) is 2.94. The number of carbonyl (C=O) groups excluding carboxylic acids is 1. The monoisotopic (exact) mass is 301 g/mol. The van der Waals surface area contributed by atoms with Gasteiger partial charge in [-0.15, -0.1) is 0 Å². The Balaban J connectivity index is 2.17. The molecule has 114 valence electrons. The highest BCUT2D eigenvalue weighted by Crippen LogP contribution is 2.29. The van der Waals surface area contributed by atoms with E-state index in [0.717, 1.165) is 10.7 Å². The molecular formula is C12H14F3N5O. The molecule has 0 aliphatic heterocycles. The van der Waals surface area contributed by atoms with Crippen LogP contribution in [-0.2, 0) is 18.0 Å². The normalized spacial score (nSPS) is 13.2. The fourth-order valence-electron chi connectivity index (χ4n) is 1.84. The molecule has 2 aromatic rings. The molecule has 6 nitrogen and oxygen atoms in total. The average molecular weight is 301 g/mol. The molecule has 0 unspecified atom stereocenters. The predicted molar refractivity (Wildman–Crippen MR) is 68.5 cm³/mol. The van der Waals surface area contributed by atoms with Crippen LogP contribution in [0.1, 0.15) is 24.4 Å². The highest BCUT2D eigenvalue weighted by atomic mass is 19.4. The van der Waals surface area contributed by atoms with Gasteiger partial charge in [0.1, 0.15) is 6.04 Å². The Hall–Kier alpha value is -2.32. The fourth-order valence-corrected chi connectivity index (χ4v) is 1.84. The molecule has 1 N–H and O–H groups in total. The highest BCUT2D eigenvalue weighted by molar-refractivity contribution is 5.92. The SMILES string of the molecule is Cc1cc(C(F)(F)F)nn1[C@@H](C)C(=O)Nc1ccn(C)n1. The zero-order valence-electron chi connectivity index (χ0n) is 11.6. The molecule has 2 aromatic heterocycles. The molecule has 0 aliphatic carbocycles. The number of rotatable bonds is 3. The summed E-state index contributed by atoms with van der Waals surface area (Å²) in [7, 11) is 1.69. The molecule has 2 heterocycles. The third kappa shape index (κ3) is 3.23. The van der Waals surface area contributed by atoms with Crippen LogP contribution in [0.5, 0.6) is 0 Å². The van der Waals surface area contributed by atoms with Crippen molar-refractivity contribution in [3.8, 4) is 0 Å². The van der Waals surface area contributed by atoms with E-state index in [1.807, 2.05) is 0 Å². The van der Waals surface area contributed by atoms with Gasteiger partial charge in [0.05, 0.1) is 0 Å². The highest BCUT2D eigenvalue weighted by Gasteiger charge is 2.35. The van der Waals surface area contributed by atoms with Crippen LogP contribution in [0.2, 0.25) is 0 Å². The second kappa shape index (κ2) is 5.23. The summed E-state index contributed by atoms with van der Waals surface area (Å²) in [5.41, 5.74) is -0.761. The number of amides is 1. The first-order chi connectivity index (χ1) is 9.68. The average Bonchev–Trinajstić information content (AvgIpc) is 2.94. The molecule has 0 radical (unpaired) electrons. The van der Waals surface area contributed by atoms with Gasteiger partial charge in [-0.2, -0.15) is 23.4 Å². The molecular weight excluding hydrogens is 287 g/mol. The fraction of sp³-hybridized carbons (Fsp3) is 0.417. The molecule has 0 bridgehead atoms. The smallest absolute Gasteiger partial charge is 0.307 e. The van der Waals surface area contributed by atoms with Crippen LogP contribution < -0.4 is 5.32 Å². The maximum Gasteiger partial charge on any atom is 0.435 e. The van der Waals surface area contributed by atoms with Crippen molar-refractivity contribution in [3.05, 3.63) is 29.7 Å². The lowest BCUT2D eigenvalue weighted by Gasteiger charge is -2.13. The molecule has 0 fully saturated rings. The lowest BCUT2D eigenvalue weighted by atomic mass is 10.3. The molecule has 0 saturated heterocycles. The minimum absolute atomic E-state index is 0.256. The number of halogens is 3. The molecule has 9 heteroatoms. The predicted octanol–water partition coefficient (Wildman–Crippen LogP) is 2.14. The molecule has 0 aromatic carbocycles. The van der Waals surface area contributed by atoms with Crippen LogP contribution in [0.15, 0.2) is 18.3 Å². The van der Waals surface area contributed by atoms with Crippen LogP contribution in [-0.4, -0.2) is 25.5 Å². The van der Waals surface area contributed by atoms with E-state index in [4.69, 9.17) is 0 Å². The number of hydrogen-bond donors (Lipinski definition) is 1. The lowest BCUT2D eigenvalue weighted by molar-refractivity contribution is -0.141. The van der Waals surface area contributed by atoms with E-state index >= 15 is 0 Å². The summed E-state index contributed by atoms with van der Waals surface area (Å²) >= 11 is 0. The Bertz CT molecular complexity index is 658. The topological polar surface area (TPSA) is 64.7 Å². The summed E-state index contributed by atoms with van der Waals surface area (Å²) in [6, 6.07) is 1.61. The number of aromatic nitrogens is 4. The van der Waals surface area contributed by atoms with Gasteiger partial charge >= 0.3 is 6.18 Å². The summed E-state index contributed by atoms with van der Waals surface area (Å²) < 4.78 is 40.4. The van der Waals surface area contributed by atoms with Crippen molar-refractivity contribution in [1.82, 2.24) is 19.6 Å². The molecule has 21 heavy (non-hydrogen) atoms. The zero-order valence-corrected chi connectivity index (χ0v) is 11.6. The van der Waals surface area contributed by atoms with Crippen LogP contribution in [0.25, 0.3) is 0 Å². The first kappa shape index (κ1) is 15.1. The van der Waals surface area contributed by atoms with Gasteiger partial charge in [0.2, 0.25) is 5.91 Å². The van der Waals surface area contributed by atoms with E-state index in [-0.39, 0.29) is 5.69 Å². The molecule has 1 atom stereocenters. The van der Waals surface area contributed by atoms with Crippen molar-refractivity contribution in [2.24, 2.45) is 7.05 Å². The lowest BCUT2D eigenvalue weighted by Crippen LogP contribution is -2.25. The largest absolute Gasteiger partial charge is 0.435 e. The standard InChI is InChI=1S/C12H14F3N5O/c1-7-6-9(12(13,14)15)17-20(7)8(2)11(21)16-10-4-5-19(3)18-10/h4-6,8H,1-3H3,(H,16,18,21)/t8-/m0/s1. The number of alkyl halides is 3. The number of nitrogens with zero attached hydrogens (tertiary/aromatic N) is 4. The van der Waals surface area contributed by atoms with Crippen molar-refractivity contribution in [3.63, 3.8) is 0 Å². The van der Waals surface area contributed by atoms with Gasteiger partial charge in [0.25, 0.3) is 0 Å². The maximum atomic E-state index is 12.6. The summed E-state index contributed by atoms with van der Waals surface area (Å²) in [5, 5.41) is 9.95. The van der Waals surface area contributed by atoms with E-state index in [9.17, 15) is 18.0 Å². The van der Waals surface area contributed by atoms with Crippen molar-refractivity contribution < 1.29 is 18.0 Å². The van der Waals surface area contributed by atoms with Gasteiger partial charge < -0.3 is 5.32 Å². The maximum absolute atomic E-state index is 12.6. The number of carbonyl (C=O) groups is 1. The second-order valence-corrected chi connectivity index (χ2v) is 4.65. The Labute approximate surface area is 118 Å². The second-order valence-electron chi connectivity index (χ2n) is 4.65. The molecule has 2 rings (SSSR count). The van der Waals surface area contributed by atoms with E-state index in [1.165, 1.54) is 18.5 Å². The zero-order chi connectivity index (χ0) is 15.8. The van der Waals surface area contributed by atoms with Gasteiger partial charge in [-0.1, -0.05) is 0 Å². The number of aryl methyl sites for hydroxylation is 2. The van der Waals surface area contributed by atoms with E-state index < -0.39 is 23.8 Å². The number of anilines is 1. The molecule has 0 aliphatic rings. The Kier molecular flexibility index (Phi) is 3.75. The van der Waals surface area contributed by atoms with Crippen LogP contribution in [0, 0.1) is 6.92 Å². The summed E-state index contributed by atoms with van der Waals surface area (Å²) in [4.78, 5) is 12.0. The third-order valence-electron chi connectivity index (χ3n) is 2.92. The van der Waals surface area contributed by atoms with Crippen molar-refractivity contribution in [2.45, 2.75) is 26.1 Å².